The Morgan fingerprint density at radius 1 is 1.09 bits per heavy atom. The maximum absolute atomic E-state index is 13.8. The zero-order valence-corrected chi connectivity index (χ0v) is 19.2. The van der Waals surface area contributed by atoms with Crippen molar-refractivity contribution in [2.75, 3.05) is 6.54 Å². The summed E-state index contributed by atoms with van der Waals surface area (Å²) in [7, 11) is 0. The molecule has 1 saturated carbocycles. The highest BCUT2D eigenvalue weighted by Gasteiger charge is 2.28. The van der Waals surface area contributed by atoms with Gasteiger partial charge < -0.3 is 10.6 Å². The van der Waals surface area contributed by atoms with Gasteiger partial charge in [0.15, 0.2) is 5.78 Å². The molecule has 2 N–H and O–H groups in total. The number of carbonyl (C=O) groups is 2. The van der Waals surface area contributed by atoms with Crippen molar-refractivity contribution in [1.29, 1.82) is 0 Å². The van der Waals surface area contributed by atoms with E-state index in [0.717, 1.165) is 42.1 Å². The zero-order valence-electron chi connectivity index (χ0n) is 18.5. The van der Waals surface area contributed by atoms with Crippen LogP contribution in [0.1, 0.15) is 54.4 Å². The quantitative estimate of drug-likeness (QED) is 0.445. The number of amides is 2. The third-order valence-electron chi connectivity index (χ3n) is 6.59. The van der Waals surface area contributed by atoms with Crippen LogP contribution in [0.15, 0.2) is 54.7 Å². The molecule has 0 aliphatic heterocycles. The molecule has 7 heteroatoms. The van der Waals surface area contributed by atoms with Gasteiger partial charge in [-0.3, -0.25) is 9.78 Å². The molecule has 1 aliphatic carbocycles. The van der Waals surface area contributed by atoms with Gasteiger partial charge in [0.05, 0.1) is 12.1 Å². The summed E-state index contributed by atoms with van der Waals surface area (Å²) in [6, 6.07) is 13.0. The molecule has 0 unspecified atom stereocenters. The lowest BCUT2D eigenvalue weighted by atomic mass is 9.75. The molecule has 172 valence electrons. The number of ketones is 1. The molecule has 0 radical (unpaired) electrons. The van der Waals surface area contributed by atoms with E-state index in [2.05, 4.69) is 15.6 Å². The lowest BCUT2D eigenvalue weighted by molar-refractivity contribution is 0.0991. The summed E-state index contributed by atoms with van der Waals surface area (Å²) >= 11 is 5.84. The van der Waals surface area contributed by atoms with E-state index >= 15 is 0 Å². The van der Waals surface area contributed by atoms with Crippen LogP contribution in [0.3, 0.4) is 0 Å². The average molecular weight is 468 g/mol. The lowest BCUT2D eigenvalue weighted by Gasteiger charge is -2.33. The molecule has 2 aromatic carbocycles. The minimum absolute atomic E-state index is 0.0109. The van der Waals surface area contributed by atoms with E-state index in [9.17, 15) is 14.0 Å². The van der Waals surface area contributed by atoms with Crippen molar-refractivity contribution in [3.05, 3.63) is 76.7 Å². The van der Waals surface area contributed by atoms with Crippen molar-refractivity contribution >= 4 is 34.3 Å². The van der Waals surface area contributed by atoms with Gasteiger partial charge in [-0.15, -0.1) is 0 Å². The minimum Gasteiger partial charge on any atom is -0.335 e. The number of hydrogen-bond donors (Lipinski definition) is 2. The topological polar surface area (TPSA) is 71.1 Å². The zero-order chi connectivity index (χ0) is 23.4. The number of rotatable bonds is 6. The van der Waals surface area contributed by atoms with Gasteiger partial charge in [0.1, 0.15) is 5.82 Å². The molecular formula is C26H27ClFN3O2. The van der Waals surface area contributed by atoms with Crippen LogP contribution >= 0.6 is 11.6 Å². The van der Waals surface area contributed by atoms with E-state index in [-0.39, 0.29) is 30.2 Å². The molecule has 5 nitrogen and oxygen atoms in total. The fourth-order valence-corrected chi connectivity index (χ4v) is 4.83. The molecule has 3 aromatic rings. The molecule has 1 atom stereocenters. The monoisotopic (exact) mass is 467 g/mol. The third kappa shape index (κ3) is 5.69. The van der Waals surface area contributed by atoms with Crippen molar-refractivity contribution in [2.24, 2.45) is 5.92 Å². The number of nitrogens with one attached hydrogen (secondary N) is 2. The van der Waals surface area contributed by atoms with Gasteiger partial charge in [-0.2, -0.15) is 0 Å². The summed E-state index contributed by atoms with van der Waals surface area (Å²) in [5.74, 6) is 0.287. The molecule has 2 amide bonds. The van der Waals surface area contributed by atoms with Crippen LogP contribution in [-0.2, 0) is 0 Å². The van der Waals surface area contributed by atoms with E-state index in [1.165, 1.54) is 6.07 Å². The van der Waals surface area contributed by atoms with Crippen LogP contribution < -0.4 is 10.6 Å². The van der Waals surface area contributed by atoms with E-state index in [1.54, 1.807) is 42.6 Å². The maximum Gasteiger partial charge on any atom is 0.315 e. The van der Waals surface area contributed by atoms with Gasteiger partial charge in [-0.05, 0) is 98.5 Å². The van der Waals surface area contributed by atoms with Gasteiger partial charge in [0.2, 0.25) is 0 Å². The number of carbonyl (C=O) groups excluding carboxylic acids is 2. The van der Waals surface area contributed by atoms with Gasteiger partial charge in [0.25, 0.3) is 0 Å². The van der Waals surface area contributed by atoms with Gasteiger partial charge >= 0.3 is 6.03 Å². The van der Waals surface area contributed by atoms with Crippen LogP contribution in [0.2, 0.25) is 5.02 Å². The Hall–Kier alpha value is -2.99. The highest BCUT2D eigenvalue weighted by atomic mass is 35.5. The van der Waals surface area contributed by atoms with Crippen molar-refractivity contribution < 1.29 is 14.0 Å². The van der Waals surface area contributed by atoms with Crippen molar-refractivity contribution in [3.63, 3.8) is 0 Å². The molecule has 4 rings (SSSR count). The Bertz CT molecular complexity index is 1140. The first-order chi connectivity index (χ1) is 15.9. The van der Waals surface area contributed by atoms with E-state index in [1.807, 2.05) is 13.0 Å². The van der Waals surface area contributed by atoms with E-state index < -0.39 is 0 Å². The van der Waals surface area contributed by atoms with Crippen LogP contribution in [0.25, 0.3) is 10.9 Å². The number of Topliss-reactive ketones (excluding diaryl/α,β-unsaturated/α-hetero) is 1. The number of benzene rings is 2. The molecular weight excluding hydrogens is 441 g/mol. The number of nitrogens with zero attached hydrogens (tertiary/aromatic N) is 1. The minimum atomic E-state index is -0.345. The van der Waals surface area contributed by atoms with Crippen LogP contribution in [0.4, 0.5) is 9.18 Å². The van der Waals surface area contributed by atoms with Crippen LogP contribution in [0.5, 0.6) is 0 Å². The second-order valence-electron chi connectivity index (χ2n) is 8.72. The lowest BCUT2D eigenvalue weighted by Crippen LogP contribution is -2.46. The third-order valence-corrected chi connectivity index (χ3v) is 6.84. The van der Waals surface area contributed by atoms with E-state index in [0.29, 0.717) is 22.4 Å². The smallest absolute Gasteiger partial charge is 0.315 e. The Balaban J connectivity index is 1.27. The molecule has 0 bridgehead atoms. The van der Waals surface area contributed by atoms with Crippen LogP contribution in [-0.4, -0.2) is 29.4 Å². The fourth-order valence-electron chi connectivity index (χ4n) is 4.70. The summed E-state index contributed by atoms with van der Waals surface area (Å²) in [5.41, 5.74) is 2.47. The van der Waals surface area contributed by atoms with Gasteiger partial charge in [-0.1, -0.05) is 11.6 Å². The Morgan fingerprint density at radius 2 is 1.82 bits per heavy atom. The van der Waals surface area contributed by atoms with Crippen molar-refractivity contribution in [3.8, 4) is 0 Å². The predicted molar refractivity (Wildman–Crippen MR) is 128 cm³/mol. The molecule has 33 heavy (non-hydrogen) atoms. The largest absolute Gasteiger partial charge is 0.335 e. The molecule has 1 aliphatic rings. The number of aromatic nitrogens is 1. The first kappa shape index (κ1) is 23.2. The summed E-state index contributed by atoms with van der Waals surface area (Å²) in [5, 5.41) is 7.07. The number of hydrogen-bond acceptors (Lipinski definition) is 3. The van der Waals surface area contributed by atoms with Crippen molar-refractivity contribution in [1.82, 2.24) is 15.6 Å². The molecule has 0 saturated heterocycles. The normalized spacial score (nSPS) is 19.1. The Morgan fingerprint density at radius 3 is 2.55 bits per heavy atom. The molecule has 1 aromatic heterocycles. The average Bonchev–Trinajstić information content (AvgIpc) is 2.82. The molecule has 1 heterocycles. The Labute approximate surface area is 197 Å². The number of fused-ring (bicyclic) bond motifs is 1. The second-order valence-corrected chi connectivity index (χ2v) is 9.16. The fraction of sp³-hybridized carbons (Fsp3) is 0.346. The maximum atomic E-state index is 13.8. The SMILES string of the molecule is C[C@@H](NC(=O)NCC(=O)c1ccc(Cl)cc1)C1CCC(c2ccnc3ccc(F)cc23)CC1. The summed E-state index contributed by atoms with van der Waals surface area (Å²) in [6.07, 6.45) is 5.68. The highest BCUT2D eigenvalue weighted by Crippen LogP contribution is 2.39. The summed E-state index contributed by atoms with van der Waals surface area (Å²) in [4.78, 5) is 28.9. The first-order valence-electron chi connectivity index (χ1n) is 11.3. The molecule has 0 spiro atoms. The standard InChI is InChI=1S/C26H27ClFN3O2/c1-16(31-26(33)30-15-25(32)19-6-8-20(27)9-7-19)17-2-4-18(5-3-17)22-12-13-29-24-11-10-21(28)14-23(22)24/h6-14,16-18H,2-5,15H2,1H3,(H2,30,31,33)/t16-,17?,18?/m1/s1. The van der Waals surface area contributed by atoms with Gasteiger partial charge in [-0.25, -0.2) is 9.18 Å². The van der Waals surface area contributed by atoms with Crippen LogP contribution in [0, 0.1) is 11.7 Å². The second kappa shape index (κ2) is 10.3. The summed E-state index contributed by atoms with van der Waals surface area (Å²) < 4.78 is 13.8. The number of urea groups is 1. The molecule has 1 fully saturated rings. The highest BCUT2D eigenvalue weighted by molar-refractivity contribution is 6.30. The van der Waals surface area contributed by atoms with Crippen molar-refractivity contribution in [2.45, 2.75) is 44.6 Å². The first-order valence-corrected chi connectivity index (χ1v) is 11.7. The Kier molecular flexibility index (Phi) is 7.23. The van der Waals surface area contributed by atoms with E-state index in [4.69, 9.17) is 11.6 Å². The number of halogens is 2. The number of pyridine rings is 1. The summed E-state index contributed by atoms with van der Waals surface area (Å²) in [6.45, 7) is 1.93. The predicted octanol–water partition coefficient (Wildman–Crippen LogP) is 5.87. The van der Waals surface area contributed by atoms with Gasteiger partial charge in [0, 0.05) is 28.2 Å².